The fourth-order valence-electron chi connectivity index (χ4n) is 7.15. The van der Waals surface area contributed by atoms with Crippen LogP contribution in [0.3, 0.4) is 0 Å². The molecule has 0 saturated carbocycles. The fourth-order valence-corrected chi connectivity index (χ4v) is 8.41. The third-order valence-corrected chi connectivity index (χ3v) is 10.7. The Bertz CT molecular complexity index is 2610. The van der Waals surface area contributed by atoms with Crippen molar-refractivity contribution in [3.8, 4) is 11.1 Å². The lowest BCUT2D eigenvalue weighted by Gasteiger charge is -2.16. The second-order valence-corrected chi connectivity index (χ2v) is 13.7. The molecule has 6 aromatic carbocycles. The monoisotopic (exact) mass is 663 g/mol. The largest absolute Gasteiger partial charge is 0.456 e. The summed E-state index contributed by atoms with van der Waals surface area (Å²) in [5.74, 6) is 1.02. The Balaban J connectivity index is 1.17. The maximum absolute atomic E-state index is 6.49. The molecule has 2 heterocycles. The van der Waals surface area contributed by atoms with E-state index in [0.29, 0.717) is 18.2 Å². The molecule has 0 saturated heterocycles. The normalized spacial score (nSPS) is 13.6. The van der Waals surface area contributed by atoms with Crippen molar-refractivity contribution in [2.75, 3.05) is 0 Å². The van der Waals surface area contributed by atoms with Crippen molar-refractivity contribution in [1.82, 2.24) is 0 Å². The Labute approximate surface area is 294 Å². The average molecular weight is 664 g/mol. The van der Waals surface area contributed by atoms with E-state index in [9.17, 15) is 0 Å². The maximum Gasteiger partial charge on any atom is 0.157 e. The number of hydrogen-bond acceptors (Lipinski definition) is 3. The minimum absolute atomic E-state index is 0.421. The van der Waals surface area contributed by atoms with Crippen LogP contribution in [0.4, 0.5) is 0 Å². The molecule has 5 heteroatoms. The summed E-state index contributed by atoms with van der Waals surface area (Å²) in [6.07, 6.45) is 4.56. The summed E-state index contributed by atoms with van der Waals surface area (Å²) in [6.45, 7) is 0.421. The molecule has 0 spiro atoms. The molecule has 1 aliphatic rings. The molecule has 240 valence electrons. The standard InChI is InChI=1S/C45H33N3OS/c46-44(30-15-6-2-7-16-30)48-45(31-17-8-3-9-18-31)47-28-33-19-10-22-38-41(33)36-27-32(25-26-37(36)49-38)35-21-12-24-40-43(35)42-34(20-11-23-39(42)50-40)29-13-4-1-5-14-29/h1-10,12-22,24-27H,11,23,28H2,(H2,46,47,48). The Kier molecular flexibility index (Phi) is 7.68. The van der Waals surface area contributed by atoms with Gasteiger partial charge in [-0.15, -0.1) is 11.3 Å². The summed E-state index contributed by atoms with van der Waals surface area (Å²) < 4.78 is 7.76. The zero-order valence-electron chi connectivity index (χ0n) is 27.3. The van der Waals surface area contributed by atoms with Crippen molar-refractivity contribution in [1.29, 1.82) is 0 Å². The molecule has 0 bridgehead atoms. The summed E-state index contributed by atoms with van der Waals surface area (Å²) in [5, 5.41) is 3.49. The van der Waals surface area contributed by atoms with Crippen LogP contribution >= 0.6 is 11.3 Å². The summed E-state index contributed by atoms with van der Waals surface area (Å²) in [6, 6.07) is 50.2. The first-order valence-electron chi connectivity index (χ1n) is 17.0. The van der Waals surface area contributed by atoms with Crippen molar-refractivity contribution < 1.29 is 4.42 Å². The van der Waals surface area contributed by atoms with Gasteiger partial charge in [-0.25, -0.2) is 4.99 Å². The van der Waals surface area contributed by atoms with E-state index in [4.69, 9.17) is 20.1 Å². The van der Waals surface area contributed by atoms with E-state index in [2.05, 4.69) is 78.9 Å². The van der Waals surface area contributed by atoms with Crippen LogP contribution in [-0.4, -0.2) is 11.7 Å². The van der Waals surface area contributed by atoms with Gasteiger partial charge in [0.2, 0.25) is 0 Å². The number of aryl methyl sites for hydroxylation is 1. The van der Waals surface area contributed by atoms with Crippen LogP contribution in [-0.2, 0) is 13.0 Å². The predicted molar refractivity (Wildman–Crippen MR) is 210 cm³/mol. The van der Waals surface area contributed by atoms with E-state index < -0.39 is 0 Å². The van der Waals surface area contributed by atoms with Crippen molar-refractivity contribution in [2.45, 2.75) is 19.4 Å². The second kappa shape index (κ2) is 12.8. The molecule has 0 radical (unpaired) electrons. The lowest BCUT2D eigenvalue weighted by Crippen LogP contribution is -2.16. The molecule has 8 aromatic rings. The Hall–Kier alpha value is -6.04. The lowest BCUT2D eigenvalue weighted by molar-refractivity contribution is 0.668. The van der Waals surface area contributed by atoms with Gasteiger partial charge in [0.15, 0.2) is 5.84 Å². The van der Waals surface area contributed by atoms with E-state index in [1.807, 2.05) is 84.1 Å². The highest BCUT2D eigenvalue weighted by Crippen LogP contribution is 2.46. The van der Waals surface area contributed by atoms with Crippen molar-refractivity contribution in [2.24, 2.45) is 15.7 Å². The first-order valence-corrected chi connectivity index (χ1v) is 17.8. The van der Waals surface area contributed by atoms with Gasteiger partial charge in [0, 0.05) is 42.4 Å². The van der Waals surface area contributed by atoms with Crippen LogP contribution in [0.1, 0.15) is 39.1 Å². The number of allylic oxidation sites excluding steroid dienone is 1. The average Bonchev–Trinajstić information content (AvgIpc) is 3.76. The number of nitrogens with zero attached hydrogens (tertiary/aromatic N) is 2. The van der Waals surface area contributed by atoms with Crippen LogP contribution in [0.2, 0.25) is 0 Å². The van der Waals surface area contributed by atoms with Gasteiger partial charge in [-0.1, -0.05) is 127 Å². The minimum atomic E-state index is 0.421. The molecule has 50 heavy (non-hydrogen) atoms. The van der Waals surface area contributed by atoms with E-state index >= 15 is 0 Å². The predicted octanol–water partition coefficient (Wildman–Crippen LogP) is 11.2. The number of benzene rings is 6. The summed E-state index contributed by atoms with van der Waals surface area (Å²) in [5.41, 5.74) is 17.4. The Morgan fingerprint density at radius 2 is 1.42 bits per heavy atom. The van der Waals surface area contributed by atoms with E-state index in [0.717, 1.165) is 51.5 Å². The number of aliphatic imine (C=N–C) groups is 2. The van der Waals surface area contributed by atoms with E-state index in [1.54, 1.807) is 0 Å². The Morgan fingerprint density at radius 3 is 2.22 bits per heavy atom. The zero-order chi connectivity index (χ0) is 33.4. The molecule has 0 atom stereocenters. The summed E-state index contributed by atoms with van der Waals surface area (Å²) in [4.78, 5) is 11.4. The smallest absolute Gasteiger partial charge is 0.157 e. The summed E-state index contributed by atoms with van der Waals surface area (Å²) >= 11 is 1.93. The van der Waals surface area contributed by atoms with Crippen molar-refractivity contribution >= 4 is 60.6 Å². The highest BCUT2D eigenvalue weighted by Gasteiger charge is 2.23. The van der Waals surface area contributed by atoms with Gasteiger partial charge < -0.3 is 10.2 Å². The van der Waals surface area contributed by atoms with Crippen LogP contribution in [0, 0.1) is 0 Å². The number of fused-ring (bicyclic) bond motifs is 6. The van der Waals surface area contributed by atoms with E-state index in [-0.39, 0.29) is 0 Å². The van der Waals surface area contributed by atoms with E-state index in [1.165, 1.54) is 42.8 Å². The van der Waals surface area contributed by atoms with Gasteiger partial charge in [0.1, 0.15) is 17.0 Å². The number of thiophene rings is 1. The molecule has 2 N–H and O–H groups in total. The molecule has 1 aliphatic carbocycles. The van der Waals surface area contributed by atoms with Gasteiger partial charge in [-0.05, 0) is 64.9 Å². The molecular formula is C45H33N3OS. The minimum Gasteiger partial charge on any atom is -0.456 e. The topological polar surface area (TPSA) is 63.9 Å². The highest BCUT2D eigenvalue weighted by atomic mass is 32.1. The first-order chi connectivity index (χ1) is 24.7. The molecule has 9 rings (SSSR count). The number of nitrogens with two attached hydrogens (primary N) is 1. The van der Waals surface area contributed by atoms with Gasteiger partial charge in [0.25, 0.3) is 0 Å². The number of hydrogen-bond donors (Lipinski definition) is 1. The van der Waals surface area contributed by atoms with Crippen molar-refractivity contribution in [3.63, 3.8) is 0 Å². The molecular weight excluding hydrogens is 631 g/mol. The van der Waals surface area contributed by atoms with Gasteiger partial charge >= 0.3 is 0 Å². The maximum atomic E-state index is 6.49. The van der Waals surface area contributed by atoms with Gasteiger partial charge in [0.05, 0.1) is 6.54 Å². The molecule has 4 nitrogen and oxygen atoms in total. The number of rotatable bonds is 6. The first kappa shape index (κ1) is 30.1. The van der Waals surface area contributed by atoms with Crippen molar-refractivity contribution in [3.05, 3.63) is 184 Å². The number of amidine groups is 2. The number of furan rings is 1. The molecule has 0 unspecified atom stereocenters. The zero-order valence-corrected chi connectivity index (χ0v) is 28.2. The SMILES string of the molecule is NC(=NC(=NCc1cccc2oc3ccc(-c4cccc5sc6c(c45)C(c4ccccc4)=CCC6)cc3c12)c1ccccc1)c1ccccc1. The van der Waals surface area contributed by atoms with Crippen LogP contribution in [0.25, 0.3) is 48.7 Å². The fraction of sp³-hybridized carbons (Fsp3) is 0.0667. The quantitative estimate of drug-likeness (QED) is 0.142. The second-order valence-electron chi connectivity index (χ2n) is 12.6. The highest BCUT2D eigenvalue weighted by molar-refractivity contribution is 7.19. The van der Waals surface area contributed by atoms with Gasteiger partial charge in [-0.2, -0.15) is 0 Å². The third kappa shape index (κ3) is 5.42. The Morgan fingerprint density at radius 1 is 0.680 bits per heavy atom. The van der Waals surface area contributed by atoms with Gasteiger partial charge in [-0.3, -0.25) is 4.99 Å². The van der Waals surface area contributed by atoms with Crippen LogP contribution < -0.4 is 5.73 Å². The molecule has 2 aromatic heterocycles. The summed E-state index contributed by atoms with van der Waals surface area (Å²) in [7, 11) is 0. The lowest BCUT2D eigenvalue weighted by atomic mass is 9.87. The van der Waals surface area contributed by atoms with Crippen LogP contribution in [0.5, 0.6) is 0 Å². The molecule has 0 aliphatic heterocycles. The van der Waals surface area contributed by atoms with Crippen LogP contribution in [0.15, 0.2) is 166 Å². The third-order valence-electron chi connectivity index (χ3n) is 9.48. The molecule has 0 fully saturated rings. The molecule has 0 amide bonds.